The summed E-state index contributed by atoms with van der Waals surface area (Å²) in [6.07, 6.45) is 7.19. The molecule has 0 aliphatic heterocycles. The zero-order valence-electron chi connectivity index (χ0n) is 12.3. The van der Waals surface area contributed by atoms with Crippen LogP contribution in [0.25, 0.3) is 0 Å². The van der Waals surface area contributed by atoms with Crippen LogP contribution in [-0.2, 0) is 13.2 Å². The second-order valence-electron chi connectivity index (χ2n) is 4.82. The normalized spacial score (nSPS) is 10.4. The lowest BCUT2D eigenvalue weighted by atomic mass is 10.2. The third-order valence-corrected chi connectivity index (χ3v) is 3.29. The van der Waals surface area contributed by atoms with Crippen LogP contribution in [0.15, 0.2) is 61.3 Å². The van der Waals surface area contributed by atoms with Gasteiger partial charge in [0, 0.05) is 18.6 Å². The van der Waals surface area contributed by atoms with Gasteiger partial charge in [0.1, 0.15) is 23.8 Å². The van der Waals surface area contributed by atoms with Crippen molar-refractivity contribution in [2.75, 3.05) is 7.11 Å². The van der Waals surface area contributed by atoms with Gasteiger partial charge < -0.3 is 14.0 Å². The van der Waals surface area contributed by atoms with Crippen molar-refractivity contribution >= 4 is 0 Å². The first-order valence-electron chi connectivity index (χ1n) is 7.00. The van der Waals surface area contributed by atoms with E-state index in [1.807, 2.05) is 47.2 Å². The maximum absolute atomic E-state index is 5.91. The third-order valence-electron chi connectivity index (χ3n) is 3.29. The molecule has 2 aromatic heterocycles. The minimum atomic E-state index is 0.493. The first kappa shape index (κ1) is 14.1. The third kappa shape index (κ3) is 3.44. The van der Waals surface area contributed by atoms with E-state index >= 15 is 0 Å². The van der Waals surface area contributed by atoms with E-state index in [1.165, 1.54) is 0 Å². The molecule has 0 unspecified atom stereocenters. The van der Waals surface area contributed by atoms with Gasteiger partial charge in [0.15, 0.2) is 0 Å². The lowest BCUT2D eigenvalue weighted by Crippen LogP contribution is -2.04. The molecule has 1 aromatic carbocycles. The molecule has 3 rings (SSSR count). The van der Waals surface area contributed by atoms with Crippen LogP contribution < -0.4 is 9.47 Å². The molecule has 0 amide bonds. The SMILES string of the molecule is COc1ccc(COc2cccnc2Cn2ccnc2)cc1. The molecule has 0 spiro atoms. The van der Waals surface area contributed by atoms with Crippen molar-refractivity contribution in [3.05, 3.63) is 72.6 Å². The minimum Gasteiger partial charge on any atom is -0.497 e. The molecule has 0 saturated carbocycles. The van der Waals surface area contributed by atoms with E-state index in [2.05, 4.69) is 9.97 Å². The van der Waals surface area contributed by atoms with Gasteiger partial charge in [-0.25, -0.2) is 4.98 Å². The molecule has 5 nitrogen and oxygen atoms in total. The van der Waals surface area contributed by atoms with Gasteiger partial charge in [0.25, 0.3) is 0 Å². The van der Waals surface area contributed by atoms with Gasteiger partial charge in [-0.1, -0.05) is 12.1 Å². The van der Waals surface area contributed by atoms with Crippen molar-refractivity contribution in [1.82, 2.24) is 14.5 Å². The van der Waals surface area contributed by atoms with Crippen LogP contribution in [0.1, 0.15) is 11.3 Å². The number of ether oxygens (including phenoxy) is 2. The fraction of sp³-hybridized carbons (Fsp3) is 0.176. The Labute approximate surface area is 129 Å². The number of aromatic nitrogens is 3. The van der Waals surface area contributed by atoms with Crippen molar-refractivity contribution < 1.29 is 9.47 Å². The van der Waals surface area contributed by atoms with Gasteiger partial charge in [-0.3, -0.25) is 4.98 Å². The quantitative estimate of drug-likeness (QED) is 0.701. The smallest absolute Gasteiger partial charge is 0.143 e. The molecule has 5 heteroatoms. The monoisotopic (exact) mass is 295 g/mol. The van der Waals surface area contributed by atoms with E-state index < -0.39 is 0 Å². The maximum atomic E-state index is 5.91. The second-order valence-corrected chi connectivity index (χ2v) is 4.82. The highest BCUT2D eigenvalue weighted by Gasteiger charge is 2.06. The number of hydrogen-bond donors (Lipinski definition) is 0. The van der Waals surface area contributed by atoms with Crippen LogP contribution >= 0.6 is 0 Å². The zero-order valence-corrected chi connectivity index (χ0v) is 12.3. The Hall–Kier alpha value is -2.82. The molecule has 0 saturated heterocycles. The van der Waals surface area contributed by atoms with Crippen LogP contribution in [0.3, 0.4) is 0 Å². The number of hydrogen-bond acceptors (Lipinski definition) is 4. The summed E-state index contributed by atoms with van der Waals surface area (Å²) in [6.45, 7) is 1.13. The van der Waals surface area contributed by atoms with Crippen LogP contribution in [0, 0.1) is 0 Å². The van der Waals surface area contributed by atoms with Gasteiger partial charge in [0.2, 0.25) is 0 Å². The second kappa shape index (κ2) is 6.76. The summed E-state index contributed by atoms with van der Waals surface area (Å²) < 4.78 is 13.0. The Kier molecular flexibility index (Phi) is 4.34. The first-order valence-corrected chi connectivity index (χ1v) is 7.00. The lowest BCUT2D eigenvalue weighted by molar-refractivity contribution is 0.300. The topological polar surface area (TPSA) is 49.2 Å². The van der Waals surface area contributed by atoms with Crippen LogP contribution in [0.4, 0.5) is 0 Å². The summed E-state index contributed by atoms with van der Waals surface area (Å²) in [6, 6.07) is 11.6. The summed E-state index contributed by atoms with van der Waals surface area (Å²) in [5.41, 5.74) is 1.97. The standard InChI is InChI=1S/C17H17N3O2/c1-21-15-6-4-14(5-7-15)12-22-17-3-2-8-19-16(17)11-20-10-9-18-13-20/h2-10,13H,11-12H2,1H3. The molecule has 22 heavy (non-hydrogen) atoms. The average molecular weight is 295 g/mol. The fourth-order valence-corrected chi connectivity index (χ4v) is 2.11. The highest BCUT2D eigenvalue weighted by Crippen LogP contribution is 2.19. The van der Waals surface area contributed by atoms with Crippen molar-refractivity contribution in [2.45, 2.75) is 13.2 Å². The molecule has 0 radical (unpaired) electrons. The Morgan fingerprint density at radius 1 is 1.09 bits per heavy atom. The molecule has 112 valence electrons. The van der Waals surface area contributed by atoms with Gasteiger partial charge in [-0.15, -0.1) is 0 Å². The Balaban J connectivity index is 1.69. The molecule has 0 N–H and O–H groups in total. The number of rotatable bonds is 6. The summed E-state index contributed by atoms with van der Waals surface area (Å²) >= 11 is 0. The summed E-state index contributed by atoms with van der Waals surface area (Å²) in [5, 5.41) is 0. The fourth-order valence-electron chi connectivity index (χ4n) is 2.11. The van der Waals surface area contributed by atoms with Gasteiger partial charge in [-0.2, -0.15) is 0 Å². The summed E-state index contributed by atoms with van der Waals surface area (Å²) in [4.78, 5) is 8.44. The predicted molar refractivity (Wildman–Crippen MR) is 82.9 cm³/mol. The minimum absolute atomic E-state index is 0.493. The van der Waals surface area contributed by atoms with E-state index in [1.54, 1.807) is 25.8 Å². The van der Waals surface area contributed by atoms with E-state index in [9.17, 15) is 0 Å². The van der Waals surface area contributed by atoms with Gasteiger partial charge >= 0.3 is 0 Å². The molecule has 0 aliphatic carbocycles. The van der Waals surface area contributed by atoms with E-state index in [0.717, 1.165) is 22.8 Å². The molecular formula is C17H17N3O2. The lowest BCUT2D eigenvalue weighted by Gasteiger charge is -2.11. The Morgan fingerprint density at radius 3 is 2.68 bits per heavy atom. The van der Waals surface area contributed by atoms with E-state index in [-0.39, 0.29) is 0 Å². The molecule has 2 heterocycles. The number of nitrogens with zero attached hydrogens (tertiary/aromatic N) is 3. The number of imidazole rings is 1. The average Bonchev–Trinajstić information content (AvgIpc) is 3.07. The van der Waals surface area contributed by atoms with Gasteiger partial charge in [-0.05, 0) is 29.8 Å². The predicted octanol–water partition coefficient (Wildman–Crippen LogP) is 2.91. The zero-order chi connectivity index (χ0) is 15.2. The van der Waals surface area contributed by atoms with Crippen molar-refractivity contribution in [2.24, 2.45) is 0 Å². The van der Waals surface area contributed by atoms with E-state index in [0.29, 0.717) is 13.2 Å². The molecular weight excluding hydrogens is 278 g/mol. The first-order chi connectivity index (χ1) is 10.8. The summed E-state index contributed by atoms with van der Waals surface area (Å²) in [7, 11) is 1.66. The van der Waals surface area contributed by atoms with Crippen LogP contribution in [0.5, 0.6) is 11.5 Å². The molecule has 0 atom stereocenters. The molecule has 0 aliphatic rings. The number of pyridine rings is 1. The Bertz CT molecular complexity index is 709. The maximum Gasteiger partial charge on any atom is 0.143 e. The van der Waals surface area contributed by atoms with Crippen LogP contribution in [-0.4, -0.2) is 21.6 Å². The van der Waals surface area contributed by atoms with Crippen molar-refractivity contribution in [3.63, 3.8) is 0 Å². The van der Waals surface area contributed by atoms with Crippen molar-refractivity contribution in [3.8, 4) is 11.5 Å². The highest BCUT2D eigenvalue weighted by atomic mass is 16.5. The molecule has 0 fully saturated rings. The van der Waals surface area contributed by atoms with Crippen LogP contribution in [0.2, 0.25) is 0 Å². The summed E-state index contributed by atoms with van der Waals surface area (Å²) in [5.74, 6) is 1.62. The molecule has 3 aromatic rings. The molecule has 0 bridgehead atoms. The van der Waals surface area contributed by atoms with Gasteiger partial charge in [0.05, 0.1) is 20.0 Å². The largest absolute Gasteiger partial charge is 0.497 e. The number of methoxy groups -OCH3 is 1. The number of benzene rings is 1. The van der Waals surface area contributed by atoms with E-state index in [4.69, 9.17) is 9.47 Å². The Morgan fingerprint density at radius 2 is 1.95 bits per heavy atom. The van der Waals surface area contributed by atoms with Crippen molar-refractivity contribution in [1.29, 1.82) is 0 Å². The highest BCUT2D eigenvalue weighted by molar-refractivity contribution is 5.29.